The zero-order valence-electron chi connectivity index (χ0n) is 11.0. The van der Waals surface area contributed by atoms with E-state index in [2.05, 4.69) is 0 Å². The molecular weight excluding hydrogens is 214 g/mol. The lowest BCUT2D eigenvalue weighted by Gasteiger charge is -2.26. The Bertz CT molecular complexity index is 390. The lowest BCUT2D eigenvalue weighted by molar-refractivity contribution is -0.129. The summed E-state index contributed by atoms with van der Waals surface area (Å²) in [5.74, 6) is 0.0887. The first kappa shape index (κ1) is 13.4. The van der Waals surface area contributed by atoms with Crippen LogP contribution in [0.1, 0.15) is 13.8 Å². The summed E-state index contributed by atoms with van der Waals surface area (Å²) in [5.41, 5.74) is 7.44. The molecule has 4 heteroatoms. The third kappa shape index (κ3) is 3.37. The maximum absolute atomic E-state index is 11.9. The second-order valence-electron chi connectivity index (χ2n) is 4.51. The number of carbonyl (C=O) groups is 1. The van der Waals surface area contributed by atoms with Crippen molar-refractivity contribution in [3.05, 3.63) is 24.3 Å². The molecule has 0 radical (unpaired) electrons. The maximum atomic E-state index is 11.9. The molecule has 1 rings (SSSR count). The number of nitrogens with zero attached hydrogens (tertiary/aromatic N) is 2. The van der Waals surface area contributed by atoms with Gasteiger partial charge in [0.05, 0.1) is 17.9 Å². The summed E-state index contributed by atoms with van der Waals surface area (Å²) in [7, 11) is 3.69. The Morgan fingerprint density at radius 2 is 1.88 bits per heavy atom. The normalized spacial score (nSPS) is 10.4. The van der Waals surface area contributed by atoms with Crippen LogP contribution in [0.5, 0.6) is 0 Å². The Hall–Kier alpha value is -1.71. The average molecular weight is 235 g/mol. The van der Waals surface area contributed by atoms with E-state index in [0.717, 1.165) is 5.69 Å². The smallest absolute Gasteiger partial charge is 0.242 e. The van der Waals surface area contributed by atoms with Gasteiger partial charge in [-0.1, -0.05) is 12.1 Å². The minimum absolute atomic E-state index is 0.0887. The molecule has 0 aliphatic heterocycles. The van der Waals surface area contributed by atoms with E-state index in [4.69, 9.17) is 5.73 Å². The summed E-state index contributed by atoms with van der Waals surface area (Å²) < 4.78 is 0. The predicted molar refractivity (Wildman–Crippen MR) is 72.0 cm³/mol. The molecule has 0 saturated carbocycles. The van der Waals surface area contributed by atoms with Crippen molar-refractivity contribution in [3.63, 3.8) is 0 Å². The number of benzene rings is 1. The monoisotopic (exact) mass is 235 g/mol. The van der Waals surface area contributed by atoms with Crippen LogP contribution in [0.4, 0.5) is 11.4 Å². The quantitative estimate of drug-likeness (QED) is 0.806. The first-order valence-corrected chi connectivity index (χ1v) is 5.74. The molecule has 0 aliphatic carbocycles. The van der Waals surface area contributed by atoms with Crippen molar-refractivity contribution >= 4 is 17.3 Å². The van der Waals surface area contributed by atoms with Gasteiger partial charge in [0.25, 0.3) is 0 Å². The summed E-state index contributed by atoms with van der Waals surface area (Å²) in [6.45, 7) is 4.33. The number of hydrogen-bond acceptors (Lipinski definition) is 3. The molecule has 2 N–H and O–H groups in total. The molecule has 0 unspecified atom stereocenters. The van der Waals surface area contributed by atoms with Gasteiger partial charge >= 0.3 is 0 Å². The number of hydrogen-bond donors (Lipinski definition) is 1. The fourth-order valence-electron chi connectivity index (χ4n) is 1.52. The number of rotatable bonds is 4. The highest BCUT2D eigenvalue weighted by Crippen LogP contribution is 2.20. The molecule has 0 spiro atoms. The van der Waals surface area contributed by atoms with Gasteiger partial charge in [-0.3, -0.25) is 4.79 Å². The van der Waals surface area contributed by atoms with Crippen molar-refractivity contribution in [1.82, 2.24) is 4.90 Å². The van der Waals surface area contributed by atoms with Crippen molar-refractivity contribution < 1.29 is 4.79 Å². The van der Waals surface area contributed by atoms with Crippen LogP contribution in [-0.4, -0.2) is 37.5 Å². The molecule has 0 bridgehead atoms. The first-order valence-electron chi connectivity index (χ1n) is 5.74. The molecule has 0 fully saturated rings. The zero-order valence-corrected chi connectivity index (χ0v) is 11.0. The fourth-order valence-corrected chi connectivity index (χ4v) is 1.52. The van der Waals surface area contributed by atoms with Crippen LogP contribution in [0.2, 0.25) is 0 Å². The van der Waals surface area contributed by atoms with E-state index in [1.54, 1.807) is 4.90 Å². The molecule has 0 heterocycles. The number of likely N-dealkylation sites (N-methyl/N-ethyl adjacent to an activating group) is 2. The Morgan fingerprint density at radius 1 is 1.29 bits per heavy atom. The highest BCUT2D eigenvalue weighted by Gasteiger charge is 2.15. The number of anilines is 2. The van der Waals surface area contributed by atoms with Crippen LogP contribution in [0.3, 0.4) is 0 Å². The van der Waals surface area contributed by atoms with Crippen LogP contribution < -0.4 is 10.6 Å². The van der Waals surface area contributed by atoms with Gasteiger partial charge in [0, 0.05) is 20.1 Å². The highest BCUT2D eigenvalue weighted by atomic mass is 16.2. The van der Waals surface area contributed by atoms with Crippen LogP contribution in [0, 0.1) is 0 Å². The van der Waals surface area contributed by atoms with Crippen molar-refractivity contribution in [2.24, 2.45) is 0 Å². The molecular formula is C13H21N3O. The van der Waals surface area contributed by atoms with Crippen molar-refractivity contribution in [2.45, 2.75) is 19.9 Å². The molecule has 1 amide bonds. The zero-order chi connectivity index (χ0) is 13.0. The predicted octanol–water partition coefficient (Wildman–Crippen LogP) is 1.57. The Morgan fingerprint density at radius 3 is 2.41 bits per heavy atom. The van der Waals surface area contributed by atoms with Crippen molar-refractivity contribution in [1.29, 1.82) is 0 Å². The van der Waals surface area contributed by atoms with Gasteiger partial charge in [0.1, 0.15) is 0 Å². The minimum atomic E-state index is 0.0887. The number of para-hydroxylation sites is 2. The molecule has 0 saturated heterocycles. The third-order valence-electron chi connectivity index (χ3n) is 2.89. The molecule has 1 aromatic rings. The van der Waals surface area contributed by atoms with E-state index >= 15 is 0 Å². The second kappa shape index (κ2) is 5.57. The van der Waals surface area contributed by atoms with Gasteiger partial charge in [0.15, 0.2) is 0 Å². The maximum Gasteiger partial charge on any atom is 0.242 e. The summed E-state index contributed by atoms with van der Waals surface area (Å²) in [5, 5.41) is 0. The summed E-state index contributed by atoms with van der Waals surface area (Å²) in [6, 6.07) is 7.76. The Balaban J connectivity index is 2.70. The Labute approximate surface area is 103 Å². The number of nitrogens with two attached hydrogens (primary N) is 1. The first-order chi connectivity index (χ1) is 7.93. The molecule has 17 heavy (non-hydrogen) atoms. The topological polar surface area (TPSA) is 49.6 Å². The van der Waals surface area contributed by atoms with Gasteiger partial charge in [-0.2, -0.15) is 0 Å². The summed E-state index contributed by atoms with van der Waals surface area (Å²) in [4.78, 5) is 15.5. The lowest BCUT2D eigenvalue weighted by atomic mass is 10.2. The second-order valence-corrected chi connectivity index (χ2v) is 4.51. The van der Waals surface area contributed by atoms with E-state index < -0.39 is 0 Å². The highest BCUT2D eigenvalue weighted by molar-refractivity contribution is 5.83. The van der Waals surface area contributed by atoms with Crippen LogP contribution in [-0.2, 0) is 4.79 Å². The van der Waals surface area contributed by atoms with Gasteiger partial charge < -0.3 is 15.5 Å². The molecule has 1 aromatic carbocycles. The van der Waals surface area contributed by atoms with Gasteiger partial charge in [-0.15, -0.1) is 0 Å². The van der Waals surface area contributed by atoms with E-state index in [1.807, 2.05) is 57.1 Å². The minimum Gasteiger partial charge on any atom is -0.397 e. The molecule has 0 aromatic heterocycles. The van der Waals surface area contributed by atoms with Crippen molar-refractivity contribution in [3.8, 4) is 0 Å². The molecule has 0 aliphatic rings. The SMILES string of the molecule is CC(C)N(C)C(=O)CN(C)c1ccccc1N. The molecule has 4 nitrogen and oxygen atoms in total. The van der Waals surface area contributed by atoms with Crippen LogP contribution in [0.15, 0.2) is 24.3 Å². The lowest BCUT2D eigenvalue weighted by Crippen LogP contribution is -2.40. The van der Waals surface area contributed by atoms with Crippen LogP contribution >= 0.6 is 0 Å². The number of carbonyl (C=O) groups excluding carboxylic acids is 1. The van der Waals surface area contributed by atoms with Crippen molar-refractivity contribution in [2.75, 3.05) is 31.3 Å². The largest absolute Gasteiger partial charge is 0.397 e. The standard InChI is InChI=1S/C13H21N3O/c1-10(2)16(4)13(17)9-15(3)12-8-6-5-7-11(12)14/h5-8,10H,9,14H2,1-4H3. The third-order valence-corrected chi connectivity index (χ3v) is 2.89. The van der Waals surface area contributed by atoms with Crippen LogP contribution in [0.25, 0.3) is 0 Å². The Kier molecular flexibility index (Phi) is 4.37. The molecule has 0 atom stereocenters. The van der Waals surface area contributed by atoms with E-state index in [9.17, 15) is 4.79 Å². The van der Waals surface area contributed by atoms with E-state index in [1.165, 1.54) is 0 Å². The fraction of sp³-hybridized carbons (Fsp3) is 0.462. The molecule has 94 valence electrons. The van der Waals surface area contributed by atoms with Gasteiger partial charge in [-0.05, 0) is 26.0 Å². The summed E-state index contributed by atoms with van der Waals surface area (Å²) >= 11 is 0. The van der Waals surface area contributed by atoms with E-state index in [-0.39, 0.29) is 11.9 Å². The average Bonchev–Trinajstić information content (AvgIpc) is 2.28. The number of amides is 1. The van der Waals surface area contributed by atoms with Gasteiger partial charge in [0.2, 0.25) is 5.91 Å². The summed E-state index contributed by atoms with van der Waals surface area (Å²) in [6.07, 6.45) is 0. The van der Waals surface area contributed by atoms with E-state index in [0.29, 0.717) is 12.2 Å². The van der Waals surface area contributed by atoms with Gasteiger partial charge in [-0.25, -0.2) is 0 Å². The number of nitrogen functional groups attached to an aromatic ring is 1.